The zero-order chi connectivity index (χ0) is 17.8. The predicted octanol–water partition coefficient (Wildman–Crippen LogP) is 3.44. The number of ether oxygens (including phenoxy) is 1. The fourth-order valence-electron chi connectivity index (χ4n) is 2.98. The quantitative estimate of drug-likeness (QED) is 0.820. The van der Waals surface area contributed by atoms with Crippen LogP contribution in [-0.2, 0) is 11.2 Å². The number of thiophene rings is 1. The summed E-state index contributed by atoms with van der Waals surface area (Å²) in [6.45, 7) is 8.18. The lowest BCUT2D eigenvalue weighted by molar-refractivity contribution is -0.0246. The van der Waals surface area contributed by atoms with Gasteiger partial charge in [0, 0.05) is 34.7 Å². The van der Waals surface area contributed by atoms with Gasteiger partial charge in [0.1, 0.15) is 6.33 Å². The maximum absolute atomic E-state index is 12.8. The topological polar surface area (TPSA) is 55.3 Å². The van der Waals surface area contributed by atoms with E-state index in [1.807, 2.05) is 29.3 Å². The van der Waals surface area contributed by atoms with Crippen LogP contribution in [0.3, 0.4) is 0 Å². The number of hydrogen-bond donors (Lipinski definition) is 0. The van der Waals surface area contributed by atoms with Crippen LogP contribution < -0.4 is 0 Å². The van der Waals surface area contributed by atoms with Crippen molar-refractivity contribution < 1.29 is 9.53 Å². The third-order valence-electron chi connectivity index (χ3n) is 4.44. The van der Waals surface area contributed by atoms with Crippen LogP contribution in [0, 0.1) is 6.92 Å². The van der Waals surface area contributed by atoms with Crippen molar-refractivity contribution in [3.05, 3.63) is 45.7 Å². The predicted molar refractivity (Wildman–Crippen MR) is 99.1 cm³/mol. The molecule has 0 spiro atoms. The zero-order valence-electron chi connectivity index (χ0n) is 15.1. The van der Waals surface area contributed by atoms with E-state index in [1.54, 1.807) is 17.7 Å². The molecule has 2 aromatic rings. The Bertz CT molecular complexity index is 729. The molecule has 1 saturated heterocycles. The van der Waals surface area contributed by atoms with Gasteiger partial charge in [-0.3, -0.25) is 4.79 Å². The average molecular weight is 359 g/mol. The molecule has 2 aromatic heterocycles. The van der Waals surface area contributed by atoms with Crippen molar-refractivity contribution in [2.75, 3.05) is 19.7 Å². The Hall–Kier alpha value is -1.79. The Balaban J connectivity index is 1.57. The first-order valence-electron chi connectivity index (χ1n) is 8.79. The molecule has 25 heavy (non-hydrogen) atoms. The summed E-state index contributed by atoms with van der Waals surface area (Å²) in [5, 5.41) is 1.98. The molecule has 1 amide bonds. The lowest BCUT2D eigenvalue weighted by Crippen LogP contribution is -2.45. The van der Waals surface area contributed by atoms with E-state index in [0.717, 1.165) is 29.8 Å². The highest BCUT2D eigenvalue weighted by atomic mass is 32.1. The summed E-state index contributed by atoms with van der Waals surface area (Å²) in [5.74, 6) is 0.578. The second-order valence-electron chi connectivity index (χ2n) is 6.83. The average Bonchev–Trinajstić information content (AvgIpc) is 3.10. The number of morpholine rings is 1. The molecule has 0 saturated carbocycles. The Morgan fingerprint density at radius 1 is 1.40 bits per heavy atom. The molecule has 0 aromatic carbocycles. The Morgan fingerprint density at radius 2 is 2.24 bits per heavy atom. The van der Waals surface area contributed by atoms with Crippen molar-refractivity contribution in [2.45, 2.75) is 45.6 Å². The number of rotatable bonds is 5. The van der Waals surface area contributed by atoms with Gasteiger partial charge in [0.05, 0.1) is 18.3 Å². The van der Waals surface area contributed by atoms with Gasteiger partial charge in [0.25, 0.3) is 5.91 Å². The number of aromatic nitrogens is 2. The lowest BCUT2D eigenvalue weighted by atomic mass is 10.1. The summed E-state index contributed by atoms with van der Waals surface area (Å²) < 4.78 is 5.85. The number of hydrogen-bond acceptors (Lipinski definition) is 5. The third kappa shape index (κ3) is 4.64. The van der Waals surface area contributed by atoms with E-state index in [1.165, 1.54) is 4.88 Å². The SMILES string of the molecule is Cc1cc(CCC2CN(C(=O)c3csc(C(C)C)c3)CCO2)ncn1. The highest BCUT2D eigenvalue weighted by Gasteiger charge is 2.25. The van der Waals surface area contributed by atoms with Crippen molar-refractivity contribution in [2.24, 2.45) is 0 Å². The first kappa shape index (κ1) is 18.0. The normalized spacial score (nSPS) is 17.9. The first-order chi connectivity index (χ1) is 12.0. The fraction of sp³-hybridized carbons (Fsp3) is 0.526. The smallest absolute Gasteiger partial charge is 0.254 e. The van der Waals surface area contributed by atoms with Crippen LogP contribution in [-0.4, -0.2) is 46.6 Å². The minimum absolute atomic E-state index is 0.0659. The molecule has 1 unspecified atom stereocenters. The van der Waals surface area contributed by atoms with Crippen LogP contribution in [0.15, 0.2) is 23.8 Å². The number of nitrogens with zero attached hydrogens (tertiary/aromatic N) is 3. The summed E-state index contributed by atoms with van der Waals surface area (Å²) in [4.78, 5) is 24.4. The van der Waals surface area contributed by atoms with E-state index in [2.05, 4.69) is 23.8 Å². The Labute approximate surface area is 153 Å². The number of carbonyl (C=O) groups is 1. The Kier molecular flexibility index (Phi) is 5.81. The van der Waals surface area contributed by atoms with E-state index in [9.17, 15) is 4.79 Å². The summed E-state index contributed by atoms with van der Waals surface area (Å²) in [6, 6.07) is 4.04. The zero-order valence-corrected chi connectivity index (χ0v) is 15.9. The molecule has 0 bridgehead atoms. The molecule has 6 heteroatoms. The van der Waals surface area contributed by atoms with Crippen LogP contribution in [0.1, 0.15) is 52.8 Å². The molecule has 3 heterocycles. The fourth-order valence-corrected chi connectivity index (χ4v) is 3.88. The maximum atomic E-state index is 12.8. The summed E-state index contributed by atoms with van der Waals surface area (Å²) in [6.07, 6.45) is 3.37. The highest BCUT2D eigenvalue weighted by Crippen LogP contribution is 2.24. The monoisotopic (exact) mass is 359 g/mol. The molecule has 1 aliphatic heterocycles. The molecule has 3 rings (SSSR count). The molecule has 134 valence electrons. The highest BCUT2D eigenvalue weighted by molar-refractivity contribution is 7.10. The molecule has 5 nitrogen and oxygen atoms in total. The van der Waals surface area contributed by atoms with Gasteiger partial charge < -0.3 is 9.64 Å². The van der Waals surface area contributed by atoms with Crippen molar-refractivity contribution in [3.8, 4) is 0 Å². The third-order valence-corrected chi connectivity index (χ3v) is 5.68. The van der Waals surface area contributed by atoms with Crippen molar-refractivity contribution in [1.29, 1.82) is 0 Å². The largest absolute Gasteiger partial charge is 0.375 e. The van der Waals surface area contributed by atoms with Crippen molar-refractivity contribution >= 4 is 17.2 Å². The second-order valence-corrected chi connectivity index (χ2v) is 7.77. The minimum Gasteiger partial charge on any atom is -0.375 e. The van der Waals surface area contributed by atoms with E-state index in [4.69, 9.17) is 4.74 Å². The molecule has 0 radical (unpaired) electrons. The van der Waals surface area contributed by atoms with Crippen molar-refractivity contribution in [3.63, 3.8) is 0 Å². The molecule has 0 N–H and O–H groups in total. The van der Waals surface area contributed by atoms with Crippen LogP contribution in [0.5, 0.6) is 0 Å². The summed E-state index contributed by atoms with van der Waals surface area (Å²) in [7, 11) is 0. The number of amides is 1. The minimum atomic E-state index is 0.0659. The van der Waals surface area contributed by atoms with Crippen LogP contribution in [0.2, 0.25) is 0 Å². The summed E-state index contributed by atoms with van der Waals surface area (Å²) >= 11 is 1.67. The molecule has 0 aliphatic carbocycles. The maximum Gasteiger partial charge on any atom is 0.254 e. The van der Waals surface area contributed by atoms with Crippen LogP contribution in [0.25, 0.3) is 0 Å². The molecule has 1 aliphatic rings. The number of aryl methyl sites for hydroxylation is 2. The van der Waals surface area contributed by atoms with Gasteiger partial charge in [-0.05, 0) is 37.8 Å². The first-order valence-corrected chi connectivity index (χ1v) is 9.67. The molecular formula is C19H25N3O2S. The van der Waals surface area contributed by atoms with Gasteiger partial charge in [-0.15, -0.1) is 11.3 Å². The van der Waals surface area contributed by atoms with Gasteiger partial charge >= 0.3 is 0 Å². The summed E-state index contributed by atoms with van der Waals surface area (Å²) in [5.41, 5.74) is 2.81. The lowest BCUT2D eigenvalue weighted by Gasteiger charge is -2.33. The van der Waals surface area contributed by atoms with E-state index in [-0.39, 0.29) is 12.0 Å². The second kappa shape index (κ2) is 8.06. The van der Waals surface area contributed by atoms with E-state index < -0.39 is 0 Å². The number of carbonyl (C=O) groups excluding carboxylic acids is 1. The molecule has 1 fully saturated rings. The van der Waals surface area contributed by atoms with Gasteiger partial charge in [-0.25, -0.2) is 9.97 Å². The van der Waals surface area contributed by atoms with E-state index >= 15 is 0 Å². The standard InChI is InChI=1S/C19H25N3O2S/c1-13(2)18-9-15(11-25-18)19(23)22-6-7-24-17(10-22)5-4-16-8-14(3)20-12-21-16/h8-9,11-13,17H,4-7,10H2,1-3H3. The molecule has 1 atom stereocenters. The van der Waals surface area contributed by atoms with Gasteiger partial charge in [-0.2, -0.15) is 0 Å². The van der Waals surface area contributed by atoms with Crippen LogP contribution >= 0.6 is 11.3 Å². The van der Waals surface area contributed by atoms with Gasteiger partial charge in [0.15, 0.2) is 0 Å². The molecular weight excluding hydrogens is 334 g/mol. The Morgan fingerprint density at radius 3 is 2.96 bits per heavy atom. The van der Waals surface area contributed by atoms with Gasteiger partial charge in [-0.1, -0.05) is 13.8 Å². The van der Waals surface area contributed by atoms with Gasteiger partial charge in [0.2, 0.25) is 0 Å². The van der Waals surface area contributed by atoms with Crippen molar-refractivity contribution in [1.82, 2.24) is 14.9 Å². The van der Waals surface area contributed by atoms with Crippen LogP contribution in [0.4, 0.5) is 0 Å². The van der Waals surface area contributed by atoms with E-state index in [0.29, 0.717) is 25.6 Å².